The van der Waals surface area contributed by atoms with Crippen molar-refractivity contribution in [2.45, 2.75) is 38.3 Å². The lowest BCUT2D eigenvalue weighted by atomic mass is 10.0. The van der Waals surface area contributed by atoms with Gasteiger partial charge in [-0.1, -0.05) is 18.5 Å². The van der Waals surface area contributed by atoms with Gasteiger partial charge in [0.05, 0.1) is 5.02 Å². The molecule has 0 aliphatic carbocycles. The second-order valence-corrected chi connectivity index (χ2v) is 5.83. The van der Waals surface area contributed by atoms with E-state index < -0.39 is 11.9 Å². The first kappa shape index (κ1) is 14.3. The number of carbonyl (C=O) groups excluding carboxylic acids is 2. The predicted molar refractivity (Wildman–Crippen MR) is 77.7 cm³/mol. The molecular formula is C15H16ClFN2O2. The Morgan fingerprint density at radius 3 is 2.76 bits per heavy atom. The van der Waals surface area contributed by atoms with E-state index in [9.17, 15) is 14.0 Å². The highest BCUT2D eigenvalue weighted by atomic mass is 35.5. The number of amides is 2. The predicted octanol–water partition coefficient (Wildman–Crippen LogP) is 2.60. The van der Waals surface area contributed by atoms with Crippen molar-refractivity contribution in [1.82, 2.24) is 4.90 Å². The van der Waals surface area contributed by atoms with Crippen molar-refractivity contribution in [3.8, 4) is 0 Å². The molecule has 1 aromatic carbocycles. The summed E-state index contributed by atoms with van der Waals surface area (Å²) in [7, 11) is 0. The van der Waals surface area contributed by atoms with Crippen LogP contribution in [-0.4, -0.2) is 35.3 Å². The van der Waals surface area contributed by atoms with Gasteiger partial charge in [0, 0.05) is 12.2 Å². The standard InChI is InChI=1S/C15H16ClFN2O2/c1-2-12-14(20)18-7-3-4-13(18)15(21)19(12)9-5-6-11(17)10(16)8-9/h5-6,8,12-13H,2-4,7H2,1H3. The van der Waals surface area contributed by atoms with E-state index >= 15 is 0 Å². The van der Waals surface area contributed by atoms with E-state index in [0.717, 1.165) is 6.42 Å². The molecule has 112 valence electrons. The Morgan fingerprint density at radius 2 is 2.10 bits per heavy atom. The first-order chi connectivity index (χ1) is 10.0. The Labute approximate surface area is 127 Å². The molecule has 2 aliphatic rings. The lowest BCUT2D eigenvalue weighted by molar-refractivity contribution is -0.144. The molecule has 0 spiro atoms. The van der Waals surface area contributed by atoms with Crippen molar-refractivity contribution >= 4 is 29.1 Å². The summed E-state index contributed by atoms with van der Waals surface area (Å²) in [4.78, 5) is 28.4. The van der Waals surface area contributed by atoms with E-state index in [-0.39, 0.29) is 22.9 Å². The molecule has 0 aromatic heterocycles. The number of piperazine rings is 1. The summed E-state index contributed by atoms with van der Waals surface area (Å²) in [6, 6.07) is 3.22. The van der Waals surface area contributed by atoms with Crippen LogP contribution in [-0.2, 0) is 9.59 Å². The molecule has 2 fully saturated rings. The minimum Gasteiger partial charge on any atom is -0.329 e. The van der Waals surface area contributed by atoms with Crippen LogP contribution in [0.4, 0.5) is 10.1 Å². The lowest BCUT2D eigenvalue weighted by Gasteiger charge is -2.42. The Hall–Kier alpha value is -1.62. The number of rotatable bonds is 2. The van der Waals surface area contributed by atoms with Gasteiger partial charge in [0.25, 0.3) is 5.91 Å². The molecule has 2 aliphatic heterocycles. The molecule has 2 amide bonds. The molecule has 0 bridgehead atoms. The van der Waals surface area contributed by atoms with Gasteiger partial charge in [-0.2, -0.15) is 0 Å². The van der Waals surface area contributed by atoms with Crippen LogP contribution in [0.25, 0.3) is 0 Å². The maximum Gasteiger partial charge on any atom is 0.250 e. The fourth-order valence-electron chi connectivity index (χ4n) is 3.20. The average molecular weight is 311 g/mol. The molecule has 2 unspecified atom stereocenters. The number of carbonyl (C=O) groups is 2. The zero-order valence-electron chi connectivity index (χ0n) is 11.7. The molecule has 2 heterocycles. The second-order valence-electron chi connectivity index (χ2n) is 5.42. The van der Waals surface area contributed by atoms with Crippen LogP contribution in [0.3, 0.4) is 0 Å². The van der Waals surface area contributed by atoms with Gasteiger partial charge in [0.2, 0.25) is 5.91 Å². The van der Waals surface area contributed by atoms with Gasteiger partial charge in [-0.05, 0) is 37.5 Å². The summed E-state index contributed by atoms with van der Waals surface area (Å²) in [6.45, 7) is 2.51. The molecule has 0 saturated carbocycles. The minimum absolute atomic E-state index is 0.0277. The molecule has 1 aromatic rings. The van der Waals surface area contributed by atoms with E-state index in [2.05, 4.69) is 0 Å². The van der Waals surface area contributed by atoms with E-state index in [0.29, 0.717) is 25.1 Å². The zero-order chi connectivity index (χ0) is 15.1. The second kappa shape index (κ2) is 5.30. The van der Waals surface area contributed by atoms with Crippen molar-refractivity contribution in [1.29, 1.82) is 0 Å². The highest BCUT2D eigenvalue weighted by Gasteiger charge is 2.47. The molecule has 4 nitrogen and oxygen atoms in total. The van der Waals surface area contributed by atoms with Crippen LogP contribution < -0.4 is 4.90 Å². The van der Waals surface area contributed by atoms with Crippen LogP contribution in [0.2, 0.25) is 5.02 Å². The Morgan fingerprint density at radius 1 is 1.33 bits per heavy atom. The van der Waals surface area contributed by atoms with Crippen LogP contribution in [0.15, 0.2) is 18.2 Å². The van der Waals surface area contributed by atoms with Gasteiger partial charge in [-0.25, -0.2) is 4.39 Å². The number of hydrogen-bond acceptors (Lipinski definition) is 2. The fourth-order valence-corrected chi connectivity index (χ4v) is 3.38. The average Bonchev–Trinajstić information content (AvgIpc) is 2.95. The van der Waals surface area contributed by atoms with E-state index in [1.165, 1.54) is 23.1 Å². The van der Waals surface area contributed by atoms with Crippen molar-refractivity contribution in [3.63, 3.8) is 0 Å². The summed E-state index contributed by atoms with van der Waals surface area (Å²) >= 11 is 5.81. The molecule has 6 heteroatoms. The quantitative estimate of drug-likeness (QED) is 0.842. The van der Waals surface area contributed by atoms with Crippen molar-refractivity contribution in [3.05, 3.63) is 29.0 Å². The lowest BCUT2D eigenvalue weighted by Crippen LogP contribution is -2.63. The number of halogens is 2. The first-order valence-corrected chi connectivity index (χ1v) is 7.51. The van der Waals surface area contributed by atoms with Crippen molar-refractivity contribution in [2.75, 3.05) is 11.4 Å². The number of hydrogen-bond donors (Lipinski definition) is 0. The third kappa shape index (κ3) is 2.20. The third-order valence-electron chi connectivity index (χ3n) is 4.22. The van der Waals surface area contributed by atoms with Crippen LogP contribution in [0, 0.1) is 5.82 Å². The zero-order valence-corrected chi connectivity index (χ0v) is 12.4. The SMILES string of the molecule is CCC1C(=O)N2CCCC2C(=O)N1c1ccc(F)c(Cl)c1. The molecule has 21 heavy (non-hydrogen) atoms. The normalized spacial score (nSPS) is 25.5. The molecule has 0 radical (unpaired) electrons. The fraction of sp³-hybridized carbons (Fsp3) is 0.467. The summed E-state index contributed by atoms with van der Waals surface area (Å²) in [5.74, 6) is -0.659. The smallest absolute Gasteiger partial charge is 0.250 e. The number of anilines is 1. The van der Waals surface area contributed by atoms with Crippen LogP contribution >= 0.6 is 11.6 Å². The van der Waals surface area contributed by atoms with Crippen molar-refractivity contribution in [2.24, 2.45) is 0 Å². The Bertz CT molecular complexity index is 607. The minimum atomic E-state index is -0.535. The monoisotopic (exact) mass is 310 g/mol. The summed E-state index contributed by atoms with van der Waals surface area (Å²) in [5, 5.41) is -0.0450. The maximum absolute atomic E-state index is 13.3. The van der Waals surface area contributed by atoms with Crippen LogP contribution in [0.5, 0.6) is 0 Å². The maximum atomic E-state index is 13.3. The Kier molecular flexibility index (Phi) is 3.61. The van der Waals surface area contributed by atoms with Gasteiger partial charge >= 0.3 is 0 Å². The van der Waals surface area contributed by atoms with Gasteiger partial charge in [-0.3, -0.25) is 14.5 Å². The molecule has 2 atom stereocenters. The van der Waals surface area contributed by atoms with Gasteiger partial charge < -0.3 is 4.90 Å². The summed E-state index contributed by atoms with van der Waals surface area (Å²) < 4.78 is 13.3. The molecule has 3 rings (SSSR count). The van der Waals surface area contributed by atoms with E-state index in [1.807, 2.05) is 6.92 Å². The first-order valence-electron chi connectivity index (χ1n) is 7.13. The van der Waals surface area contributed by atoms with Crippen molar-refractivity contribution < 1.29 is 14.0 Å². The highest BCUT2D eigenvalue weighted by molar-refractivity contribution is 6.31. The van der Waals surface area contributed by atoms with Crippen LogP contribution in [0.1, 0.15) is 26.2 Å². The summed E-state index contributed by atoms with van der Waals surface area (Å²) in [5.41, 5.74) is 0.484. The third-order valence-corrected chi connectivity index (χ3v) is 4.51. The molecule has 0 N–H and O–H groups in total. The number of benzene rings is 1. The van der Waals surface area contributed by atoms with Gasteiger partial charge in [0.15, 0.2) is 0 Å². The Balaban J connectivity index is 2.03. The number of fused-ring (bicyclic) bond motifs is 1. The van der Waals surface area contributed by atoms with E-state index in [1.54, 1.807) is 4.90 Å². The molecule has 2 saturated heterocycles. The van der Waals surface area contributed by atoms with Gasteiger partial charge in [-0.15, -0.1) is 0 Å². The topological polar surface area (TPSA) is 40.6 Å². The highest BCUT2D eigenvalue weighted by Crippen LogP contribution is 2.33. The van der Waals surface area contributed by atoms with Gasteiger partial charge in [0.1, 0.15) is 17.9 Å². The number of nitrogens with zero attached hydrogens (tertiary/aromatic N) is 2. The van der Waals surface area contributed by atoms with E-state index in [4.69, 9.17) is 11.6 Å². The summed E-state index contributed by atoms with van der Waals surface area (Å²) in [6.07, 6.45) is 2.05. The molecular weight excluding hydrogens is 295 g/mol. The largest absolute Gasteiger partial charge is 0.329 e.